The van der Waals surface area contributed by atoms with Crippen LogP contribution in [0.5, 0.6) is 5.75 Å². The summed E-state index contributed by atoms with van der Waals surface area (Å²) in [4.78, 5) is 25.2. The molecule has 1 aromatic heterocycles. The van der Waals surface area contributed by atoms with Gasteiger partial charge in [0.2, 0.25) is 5.12 Å². The number of unbranched alkanes of at least 4 members (excludes halogenated alkanes) is 1. The zero-order chi connectivity index (χ0) is 18.9. The van der Waals surface area contributed by atoms with Gasteiger partial charge in [-0.05, 0) is 44.9 Å². The molecule has 0 amide bonds. The zero-order valence-corrected chi connectivity index (χ0v) is 16.1. The summed E-state index contributed by atoms with van der Waals surface area (Å²) in [5.41, 5.74) is 1.13. The van der Waals surface area contributed by atoms with E-state index in [1.54, 1.807) is 0 Å². The minimum Gasteiger partial charge on any atom is -0.493 e. The molecule has 0 unspecified atom stereocenters. The van der Waals surface area contributed by atoms with Crippen LogP contribution in [0, 0.1) is 0 Å². The predicted molar refractivity (Wildman–Crippen MR) is 108 cm³/mol. The minimum atomic E-state index is -0.420. The first kappa shape index (κ1) is 20.1. The van der Waals surface area contributed by atoms with E-state index in [9.17, 15) is 9.59 Å². The van der Waals surface area contributed by atoms with Crippen molar-refractivity contribution in [3.63, 3.8) is 0 Å². The molecular formula is C20H25NO4S. The summed E-state index contributed by atoms with van der Waals surface area (Å²) in [6, 6.07) is 7.21. The topological polar surface area (TPSA) is 59.8 Å². The Hall–Kier alpha value is -2.21. The largest absolute Gasteiger partial charge is 0.493 e. The number of hydrogen-bond donors (Lipinski definition) is 0. The molecule has 0 aliphatic carbocycles. The maximum Gasteiger partial charge on any atom is 0.339 e. The van der Waals surface area contributed by atoms with Crippen LogP contribution in [-0.4, -0.2) is 30.6 Å². The highest BCUT2D eigenvalue weighted by molar-refractivity contribution is 8.14. The molecule has 6 heteroatoms. The Kier molecular flexibility index (Phi) is 7.78. The van der Waals surface area contributed by atoms with Gasteiger partial charge < -0.3 is 14.1 Å². The van der Waals surface area contributed by atoms with E-state index in [4.69, 9.17) is 9.15 Å². The fourth-order valence-electron chi connectivity index (χ4n) is 2.64. The van der Waals surface area contributed by atoms with Gasteiger partial charge in [0.05, 0.1) is 18.1 Å². The molecule has 1 aromatic carbocycles. The molecule has 0 bridgehead atoms. The number of anilines is 1. The molecule has 1 heterocycles. The maximum atomic E-state index is 11.9. The number of carbonyl (C=O) groups excluding carboxylic acids is 1. The van der Waals surface area contributed by atoms with E-state index in [2.05, 4.69) is 25.3 Å². The Balaban J connectivity index is 2.04. The van der Waals surface area contributed by atoms with Crippen molar-refractivity contribution in [1.82, 2.24) is 0 Å². The van der Waals surface area contributed by atoms with Crippen molar-refractivity contribution in [2.24, 2.45) is 0 Å². The van der Waals surface area contributed by atoms with Crippen molar-refractivity contribution in [2.75, 3.05) is 30.3 Å². The third kappa shape index (κ3) is 5.39. The van der Waals surface area contributed by atoms with Crippen LogP contribution in [0.25, 0.3) is 11.0 Å². The van der Waals surface area contributed by atoms with Gasteiger partial charge in [0, 0.05) is 30.6 Å². The summed E-state index contributed by atoms with van der Waals surface area (Å²) >= 11 is 1.25. The molecular weight excluding hydrogens is 350 g/mol. The number of benzene rings is 1. The lowest BCUT2D eigenvalue weighted by molar-refractivity contribution is -0.107. The monoisotopic (exact) mass is 375 g/mol. The lowest BCUT2D eigenvalue weighted by atomic mass is 10.2. The van der Waals surface area contributed by atoms with Crippen LogP contribution in [0.1, 0.15) is 26.7 Å². The van der Waals surface area contributed by atoms with Gasteiger partial charge in [-0.3, -0.25) is 4.79 Å². The van der Waals surface area contributed by atoms with Crippen molar-refractivity contribution < 1.29 is 13.9 Å². The van der Waals surface area contributed by atoms with E-state index in [0.717, 1.165) is 42.8 Å². The smallest absolute Gasteiger partial charge is 0.339 e. The number of ether oxygens (including phenoxy) is 1. The standard InChI is InChI=1S/C20H25NO4S/c1-4-20(23)26-12-8-7-11-24-17-14-19(22)25-18-13-15(9-10-16(17)18)21(5-2)6-3/h4,9-10,13-14H,1,5-8,11-12H2,2-3H3. The third-order valence-electron chi connectivity index (χ3n) is 4.03. The van der Waals surface area contributed by atoms with Crippen LogP contribution >= 0.6 is 11.8 Å². The Morgan fingerprint density at radius 1 is 1.27 bits per heavy atom. The van der Waals surface area contributed by atoms with Gasteiger partial charge in [-0.15, -0.1) is 0 Å². The summed E-state index contributed by atoms with van der Waals surface area (Å²) < 4.78 is 11.2. The number of nitrogens with zero attached hydrogens (tertiary/aromatic N) is 1. The molecule has 0 atom stereocenters. The molecule has 0 radical (unpaired) electrons. The first-order valence-electron chi connectivity index (χ1n) is 8.83. The molecule has 0 spiro atoms. The number of carbonyl (C=O) groups is 1. The molecule has 0 saturated carbocycles. The van der Waals surface area contributed by atoms with E-state index >= 15 is 0 Å². The second-order valence-electron chi connectivity index (χ2n) is 5.71. The van der Waals surface area contributed by atoms with Gasteiger partial charge in [-0.25, -0.2) is 4.79 Å². The summed E-state index contributed by atoms with van der Waals surface area (Å²) in [5.74, 6) is 1.27. The molecule has 26 heavy (non-hydrogen) atoms. The third-order valence-corrected chi connectivity index (χ3v) is 4.97. The van der Waals surface area contributed by atoms with Crippen molar-refractivity contribution in [2.45, 2.75) is 26.7 Å². The van der Waals surface area contributed by atoms with E-state index in [1.165, 1.54) is 23.9 Å². The van der Waals surface area contributed by atoms with Crippen LogP contribution in [-0.2, 0) is 4.79 Å². The first-order valence-corrected chi connectivity index (χ1v) is 9.82. The Bertz CT molecular complexity index is 811. The summed E-state index contributed by atoms with van der Waals surface area (Å²) in [5, 5.41) is 0.776. The highest BCUT2D eigenvalue weighted by Gasteiger charge is 2.10. The average Bonchev–Trinajstić information content (AvgIpc) is 2.64. The summed E-state index contributed by atoms with van der Waals surface area (Å²) in [7, 11) is 0. The van der Waals surface area contributed by atoms with Crippen molar-refractivity contribution in [3.05, 3.63) is 47.3 Å². The van der Waals surface area contributed by atoms with Gasteiger partial charge in [-0.2, -0.15) is 0 Å². The number of thioether (sulfide) groups is 1. The Labute approximate surface area is 158 Å². The molecule has 0 aliphatic rings. The lowest BCUT2D eigenvalue weighted by Crippen LogP contribution is -2.21. The van der Waals surface area contributed by atoms with Crippen LogP contribution in [0.4, 0.5) is 5.69 Å². The second-order valence-corrected chi connectivity index (χ2v) is 6.81. The number of fused-ring (bicyclic) bond motifs is 1. The van der Waals surface area contributed by atoms with Gasteiger partial charge in [0.15, 0.2) is 0 Å². The van der Waals surface area contributed by atoms with Gasteiger partial charge in [-0.1, -0.05) is 18.3 Å². The summed E-state index contributed by atoms with van der Waals surface area (Å²) in [6.07, 6.45) is 2.98. The number of rotatable bonds is 10. The number of hydrogen-bond acceptors (Lipinski definition) is 6. The molecule has 5 nitrogen and oxygen atoms in total. The molecule has 0 fully saturated rings. The lowest BCUT2D eigenvalue weighted by Gasteiger charge is -2.21. The summed E-state index contributed by atoms with van der Waals surface area (Å²) in [6.45, 7) is 9.87. The normalized spacial score (nSPS) is 10.7. The van der Waals surface area contributed by atoms with E-state index < -0.39 is 5.63 Å². The molecule has 140 valence electrons. The van der Waals surface area contributed by atoms with Gasteiger partial charge >= 0.3 is 5.63 Å². The fourth-order valence-corrected chi connectivity index (χ4v) is 3.31. The van der Waals surface area contributed by atoms with Crippen molar-refractivity contribution in [1.29, 1.82) is 0 Å². The highest BCUT2D eigenvalue weighted by Crippen LogP contribution is 2.28. The first-order chi connectivity index (χ1) is 12.6. The van der Waals surface area contributed by atoms with Gasteiger partial charge in [0.25, 0.3) is 0 Å². The molecule has 2 aromatic rings. The Morgan fingerprint density at radius 2 is 2.04 bits per heavy atom. The maximum absolute atomic E-state index is 11.9. The highest BCUT2D eigenvalue weighted by atomic mass is 32.2. The van der Waals surface area contributed by atoms with E-state index in [0.29, 0.717) is 17.9 Å². The molecule has 2 rings (SSSR count). The van der Waals surface area contributed by atoms with Crippen LogP contribution in [0.2, 0.25) is 0 Å². The van der Waals surface area contributed by atoms with Crippen LogP contribution in [0.15, 0.2) is 46.1 Å². The average molecular weight is 375 g/mol. The molecule has 0 aliphatic heterocycles. The zero-order valence-electron chi connectivity index (χ0n) is 15.3. The predicted octanol–water partition coefficient (Wildman–Crippen LogP) is 4.24. The van der Waals surface area contributed by atoms with E-state index in [-0.39, 0.29) is 5.12 Å². The van der Waals surface area contributed by atoms with Gasteiger partial charge in [0.1, 0.15) is 11.3 Å². The Morgan fingerprint density at radius 3 is 2.73 bits per heavy atom. The quantitative estimate of drug-likeness (QED) is 0.352. The van der Waals surface area contributed by atoms with Crippen LogP contribution < -0.4 is 15.3 Å². The minimum absolute atomic E-state index is 0.0124. The molecule has 0 saturated heterocycles. The fraction of sp³-hybridized carbons (Fsp3) is 0.400. The molecule has 0 N–H and O–H groups in total. The van der Waals surface area contributed by atoms with Crippen molar-refractivity contribution >= 4 is 33.5 Å². The second kappa shape index (κ2) is 10.1. The SMILES string of the molecule is C=CC(=O)SCCCCOc1cc(=O)oc2cc(N(CC)CC)ccc12. The van der Waals surface area contributed by atoms with Crippen molar-refractivity contribution in [3.8, 4) is 5.75 Å². The van der Waals surface area contributed by atoms with Crippen LogP contribution in [0.3, 0.4) is 0 Å². The van der Waals surface area contributed by atoms with E-state index in [1.807, 2.05) is 18.2 Å².